The summed E-state index contributed by atoms with van der Waals surface area (Å²) in [5.41, 5.74) is 3.39. The van der Waals surface area contributed by atoms with E-state index >= 15 is 0 Å². The summed E-state index contributed by atoms with van der Waals surface area (Å²) in [6, 6.07) is 15.9. The highest BCUT2D eigenvalue weighted by molar-refractivity contribution is 5.84. The van der Waals surface area contributed by atoms with E-state index in [0.29, 0.717) is 35.8 Å². The van der Waals surface area contributed by atoms with Gasteiger partial charge in [0.15, 0.2) is 11.5 Å². The van der Waals surface area contributed by atoms with Crippen molar-refractivity contribution in [3.63, 3.8) is 0 Å². The molecule has 1 aliphatic heterocycles. The molecule has 0 saturated heterocycles. The van der Waals surface area contributed by atoms with E-state index in [4.69, 9.17) is 14.2 Å². The molecule has 180 valence electrons. The zero-order chi connectivity index (χ0) is 24.4. The first-order valence-electron chi connectivity index (χ1n) is 11.3. The number of amides is 1. The molecule has 3 aromatic carbocycles. The monoisotopic (exact) mass is 474 g/mol. The molecule has 0 aliphatic carbocycles. The lowest BCUT2D eigenvalue weighted by Crippen LogP contribution is -2.27. The van der Waals surface area contributed by atoms with Crippen molar-refractivity contribution >= 4 is 16.8 Å². The zero-order valence-electron chi connectivity index (χ0n) is 19.2. The molecule has 1 aliphatic rings. The zero-order valence-corrected chi connectivity index (χ0v) is 19.2. The van der Waals surface area contributed by atoms with Gasteiger partial charge in [-0.25, -0.2) is 0 Å². The number of fused-ring (bicyclic) bond motifs is 2. The van der Waals surface area contributed by atoms with E-state index in [2.05, 4.69) is 10.3 Å². The van der Waals surface area contributed by atoms with E-state index in [1.165, 1.54) is 6.07 Å². The number of rotatable bonds is 8. The lowest BCUT2D eigenvalue weighted by atomic mass is 9.87. The minimum Gasteiger partial charge on any atom is -0.508 e. The molecule has 35 heavy (non-hydrogen) atoms. The van der Waals surface area contributed by atoms with Crippen molar-refractivity contribution in [2.24, 2.45) is 0 Å². The maximum atomic E-state index is 13.0. The second kappa shape index (κ2) is 9.50. The Labute approximate surface area is 202 Å². The largest absolute Gasteiger partial charge is 0.508 e. The predicted molar refractivity (Wildman–Crippen MR) is 130 cm³/mol. The molecule has 0 fully saturated rings. The second-order valence-electron chi connectivity index (χ2n) is 8.44. The van der Waals surface area contributed by atoms with Crippen molar-refractivity contribution in [2.75, 3.05) is 20.4 Å². The number of hydrogen-bond acceptors (Lipinski definition) is 6. The topological polar surface area (TPSA) is 113 Å². The number of phenolic OH excluding ortho intramolecular Hbond substituents is 2. The molecule has 4 N–H and O–H groups in total. The van der Waals surface area contributed by atoms with Crippen LogP contribution >= 0.6 is 0 Å². The predicted octanol–water partition coefficient (Wildman–Crippen LogP) is 4.20. The minimum absolute atomic E-state index is 0.0430. The van der Waals surface area contributed by atoms with Gasteiger partial charge in [-0.15, -0.1) is 0 Å². The number of hydrogen-bond donors (Lipinski definition) is 4. The van der Waals surface area contributed by atoms with E-state index in [1.54, 1.807) is 25.3 Å². The summed E-state index contributed by atoms with van der Waals surface area (Å²) in [5, 5.41) is 24.4. The van der Waals surface area contributed by atoms with Gasteiger partial charge in [0.05, 0.1) is 7.11 Å². The van der Waals surface area contributed by atoms with Crippen LogP contribution in [0.15, 0.2) is 60.8 Å². The first-order valence-corrected chi connectivity index (χ1v) is 11.3. The molecule has 1 unspecified atom stereocenters. The molecule has 8 heteroatoms. The van der Waals surface area contributed by atoms with Crippen LogP contribution in [0.4, 0.5) is 0 Å². The van der Waals surface area contributed by atoms with Gasteiger partial charge in [0, 0.05) is 47.6 Å². The molecule has 2 heterocycles. The molecule has 1 atom stereocenters. The Morgan fingerprint density at radius 2 is 1.86 bits per heavy atom. The maximum absolute atomic E-state index is 13.0. The van der Waals surface area contributed by atoms with Crippen LogP contribution in [0.3, 0.4) is 0 Å². The van der Waals surface area contributed by atoms with Crippen molar-refractivity contribution in [3.8, 4) is 28.7 Å². The van der Waals surface area contributed by atoms with E-state index in [-0.39, 0.29) is 30.6 Å². The molecule has 0 saturated carbocycles. The van der Waals surface area contributed by atoms with Crippen LogP contribution in [0, 0.1) is 0 Å². The normalized spacial score (nSPS) is 13.1. The number of methoxy groups -OCH3 is 1. The Balaban J connectivity index is 1.33. The van der Waals surface area contributed by atoms with Crippen molar-refractivity contribution < 1.29 is 29.2 Å². The van der Waals surface area contributed by atoms with Gasteiger partial charge < -0.3 is 34.7 Å². The number of carbonyl (C=O) groups excluding carboxylic acids is 1. The van der Waals surface area contributed by atoms with E-state index in [0.717, 1.165) is 22.0 Å². The van der Waals surface area contributed by atoms with Crippen LogP contribution < -0.4 is 19.5 Å². The summed E-state index contributed by atoms with van der Waals surface area (Å²) in [5.74, 6) is 1.42. The number of nitrogens with one attached hydrogen (secondary N) is 2. The standard InChI is InChI=1S/C27H26N2O6/c1-33-19-5-2-16(3-6-19)20(22-11-25-26(13-24(22)31)35-15-34-25)12-27(32)28-9-8-17-14-29-23-7-4-18(30)10-21(17)23/h2-7,10-11,13-14,20,29-31H,8-9,12,15H2,1H3,(H,28,32). The van der Waals surface area contributed by atoms with Gasteiger partial charge in [-0.1, -0.05) is 12.1 Å². The number of aromatic amines is 1. The Morgan fingerprint density at radius 1 is 1.09 bits per heavy atom. The van der Waals surface area contributed by atoms with E-state index < -0.39 is 5.92 Å². The molecule has 0 radical (unpaired) electrons. The van der Waals surface area contributed by atoms with Crippen molar-refractivity contribution in [3.05, 3.63) is 77.5 Å². The smallest absolute Gasteiger partial charge is 0.231 e. The van der Waals surface area contributed by atoms with Crippen LogP contribution in [0.1, 0.15) is 29.0 Å². The molecule has 5 rings (SSSR count). The third kappa shape index (κ3) is 4.68. The molecule has 1 aromatic heterocycles. The van der Waals surface area contributed by atoms with Crippen molar-refractivity contribution in [2.45, 2.75) is 18.8 Å². The van der Waals surface area contributed by atoms with Crippen LogP contribution in [0.25, 0.3) is 10.9 Å². The maximum Gasteiger partial charge on any atom is 0.231 e. The molecule has 0 spiro atoms. The highest BCUT2D eigenvalue weighted by Crippen LogP contribution is 2.43. The van der Waals surface area contributed by atoms with Crippen molar-refractivity contribution in [1.82, 2.24) is 10.3 Å². The van der Waals surface area contributed by atoms with Gasteiger partial charge in [0.1, 0.15) is 17.2 Å². The molecular formula is C27H26N2O6. The average molecular weight is 475 g/mol. The van der Waals surface area contributed by atoms with Gasteiger partial charge in [-0.2, -0.15) is 0 Å². The van der Waals surface area contributed by atoms with Crippen LogP contribution in [0.2, 0.25) is 0 Å². The summed E-state index contributed by atoms with van der Waals surface area (Å²) in [6.45, 7) is 0.529. The number of benzene rings is 3. The summed E-state index contributed by atoms with van der Waals surface area (Å²) >= 11 is 0. The second-order valence-corrected chi connectivity index (χ2v) is 8.44. The fourth-order valence-corrected chi connectivity index (χ4v) is 4.44. The fourth-order valence-electron chi connectivity index (χ4n) is 4.44. The highest BCUT2D eigenvalue weighted by atomic mass is 16.7. The van der Waals surface area contributed by atoms with Gasteiger partial charge in [-0.3, -0.25) is 4.79 Å². The van der Waals surface area contributed by atoms with Crippen LogP contribution in [-0.2, 0) is 11.2 Å². The van der Waals surface area contributed by atoms with Crippen LogP contribution in [0.5, 0.6) is 28.7 Å². The minimum atomic E-state index is -0.402. The third-order valence-electron chi connectivity index (χ3n) is 6.27. The quantitative estimate of drug-likeness (QED) is 0.305. The average Bonchev–Trinajstić information content (AvgIpc) is 3.48. The lowest BCUT2D eigenvalue weighted by molar-refractivity contribution is -0.121. The summed E-state index contributed by atoms with van der Waals surface area (Å²) in [7, 11) is 1.60. The Bertz CT molecular complexity index is 1360. The van der Waals surface area contributed by atoms with Crippen molar-refractivity contribution in [1.29, 1.82) is 0 Å². The molecule has 0 bridgehead atoms. The highest BCUT2D eigenvalue weighted by Gasteiger charge is 2.25. The molecule has 1 amide bonds. The number of ether oxygens (including phenoxy) is 3. The number of phenols is 2. The van der Waals surface area contributed by atoms with E-state index in [9.17, 15) is 15.0 Å². The first kappa shape index (κ1) is 22.5. The number of carbonyl (C=O) groups is 1. The van der Waals surface area contributed by atoms with Gasteiger partial charge >= 0.3 is 0 Å². The third-order valence-corrected chi connectivity index (χ3v) is 6.27. The Morgan fingerprint density at radius 3 is 2.63 bits per heavy atom. The Kier molecular flexibility index (Phi) is 6.10. The van der Waals surface area contributed by atoms with E-state index in [1.807, 2.05) is 36.5 Å². The summed E-state index contributed by atoms with van der Waals surface area (Å²) in [6.07, 6.45) is 2.63. The Hall–Kier alpha value is -4.33. The molecule has 8 nitrogen and oxygen atoms in total. The van der Waals surface area contributed by atoms with Gasteiger partial charge in [-0.05, 0) is 53.9 Å². The molecular weight excluding hydrogens is 448 g/mol. The van der Waals surface area contributed by atoms with Crippen LogP contribution in [-0.4, -0.2) is 41.6 Å². The number of aromatic nitrogens is 1. The number of aromatic hydroxyl groups is 2. The first-order chi connectivity index (χ1) is 17.0. The van der Waals surface area contributed by atoms with Gasteiger partial charge in [0.2, 0.25) is 12.7 Å². The molecule has 4 aromatic rings. The summed E-state index contributed by atoms with van der Waals surface area (Å²) < 4.78 is 16.1. The summed E-state index contributed by atoms with van der Waals surface area (Å²) in [4.78, 5) is 16.2. The lowest BCUT2D eigenvalue weighted by Gasteiger charge is -2.20. The van der Waals surface area contributed by atoms with Gasteiger partial charge in [0.25, 0.3) is 0 Å². The SMILES string of the molecule is COc1ccc(C(CC(=O)NCCc2c[nH]c3ccc(O)cc23)c2cc3c(cc2O)OCO3)cc1. The number of H-pyrrole nitrogens is 1. The fraction of sp³-hybridized carbons (Fsp3) is 0.222.